The summed E-state index contributed by atoms with van der Waals surface area (Å²) in [5.74, 6) is -7.15. The van der Waals surface area contributed by atoms with Gasteiger partial charge < -0.3 is 37.6 Å². The second-order valence-corrected chi connectivity index (χ2v) is 6.22. The quantitative estimate of drug-likeness (QED) is 0.171. The zero-order valence-electron chi connectivity index (χ0n) is 15.4. The summed E-state index contributed by atoms with van der Waals surface area (Å²) < 4.78 is 0. The third-order valence-corrected chi connectivity index (χ3v) is 3.48. The summed E-state index contributed by atoms with van der Waals surface area (Å²) in [5.41, 5.74) is 10.1. The molecule has 0 aliphatic carbocycles. The number of rotatable bonds is 12. The highest BCUT2D eigenvalue weighted by Gasteiger charge is 2.32. The van der Waals surface area contributed by atoms with E-state index in [9.17, 15) is 28.8 Å². The first kappa shape index (κ1) is 24.8. The first-order valence-electron chi connectivity index (χ1n) is 8.22. The molecule has 13 nitrogen and oxygen atoms in total. The van der Waals surface area contributed by atoms with Crippen LogP contribution in [0.5, 0.6) is 0 Å². The molecular weight excluding hydrogens is 378 g/mol. The lowest BCUT2D eigenvalue weighted by molar-refractivity contribution is -0.144. The fourth-order valence-corrected chi connectivity index (χ4v) is 2.09. The van der Waals surface area contributed by atoms with E-state index >= 15 is 0 Å². The Kier molecular flexibility index (Phi) is 10.2. The zero-order chi connectivity index (χ0) is 22.0. The molecule has 0 aliphatic rings. The standard InChI is InChI=1S/C15H25N5O8/c1-6(2)12(15(27)28)20-14(26)8(4-11(23)24)19-13(25)7(3-9(17)21)18-10(22)5-16/h6-8,12H,3-5,16H2,1-2H3,(H2,17,21)(H,18,22)(H,19,25)(H,20,26)(H,23,24)(H,27,28). The molecule has 158 valence electrons. The molecule has 0 bridgehead atoms. The van der Waals surface area contributed by atoms with Gasteiger partial charge in [-0.15, -0.1) is 0 Å². The number of amides is 4. The molecule has 28 heavy (non-hydrogen) atoms. The molecule has 3 unspecified atom stereocenters. The van der Waals surface area contributed by atoms with Crippen molar-refractivity contribution in [1.29, 1.82) is 0 Å². The third-order valence-electron chi connectivity index (χ3n) is 3.48. The highest BCUT2D eigenvalue weighted by molar-refractivity contribution is 5.96. The van der Waals surface area contributed by atoms with Crippen molar-refractivity contribution < 1.29 is 39.0 Å². The Hall–Kier alpha value is -3.22. The molecule has 0 radical (unpaired) electrons. The van der Waals surface area contributed by atoms with Crippen molar-refractivity contribution in [2.75, 3.05) is 6.54 Å². The highest BCUT2D eigenvalue weighted by atomic mass is 16.4. The van der Waals surface area contributed by atoms with Crippen molar-refractivity contribution in [2.24, 2.45) is 17.4 Å². The van der Waals surface area contributed by atoms with Gasteiger partial charge in [-0.2, -0.15) is 0 Å². The van der Waals surface area contributed by atoms with Crippen LogP contribution in [-0.2, 0) is 28.8 Å². The van der Waals surface area contributed by atoms with Crippen LogP contribution in [0.25, 0.3) is 0 Å². The van der Waals surface area contributed by atoms with Crippen LogP contribution in [0.3, 0.4) is 0 Å². The summed E-state index contributed by atoms with van der Waals surface area (Å²) in [6.07, 6.45) is -1.49. The maximum Gasteiger partial charge on any atom is 0.326 e. The van der Waals surface area contributed by atoms with Crippen molar-refractivity contribution in [3.05, 3.63) is 0 Å². The van der Waals surface area contributed by atoms with Gasteiger partial charge in [0, 0.05) is 0 Å². The number of primary amides is 1. The fraction of sp³-hybridized carbons (Fsp3) is 0.600. The van der Waals surface area contributed by atoms with Crippen molar-refractivity contribution >= 4 is 35.6 Å². The Morgan fingerprint density at radius 3 is 1.75 bits per heavy atom. The minimum atomic E-state index is -1.66. The SMILES string of the molecule is CC(C)C(NC(=O)C(CC(=O)O)NC(=O)C(CC(N)=O)NC(=O)CN)C(=O)O. The molecule has 4 amide bonds. The molecular formula is C15H25N5O8. The molecule has 0 fully saturated rings. The minimum absolute atomic E-state index is 0.490. The second-order valence-electron chi connectivity index (χ2n) is 6.22. The van der Waals surface area contributed by atoms with Crippen molar-refractivity contribution in [3.63, 3.8) is 0 Å². The van der Waals surface area contributed by atoms with Gasteiger partial charge in [0.15, 0.2) is 0 Å². The minimum Gasteiger partial charge on any atom is -0.481 e. The van der Waals surface area contributed by atoms with Gasteiger partial charge in [0.2, 0.25) is 23.6 Å². The number of carbonyl (C=O) groups excluding carboxylic acids is 4. The van der Waals surface area contributed by atoms with Crippen LogP contribution in [0.4, 0.5) is 0 Å². The van der Waals surface area contributed by atoms with Gasteiger partial charge in [-0.3, -0.25) is 24.0 Å². The molecule has 0 aromatic heterocycles. The van der Waals surface area contributed by atoms with E-state index in [-0.39, 0.29) is 0 Å². The number of carbonyl (C=O) groups is 6. The van der Waals surface area contributed by atoms with Gasteiger partial charge in [-0.25, -0.2) is 4.79 Å². The van der Waals surface area contributed by atoms with E-state index in [0.717, 1.165) is 0 Å². The van der Waals surface area contributed by atoms with Crippen molar-refractivity contribution in [2.45, 2.75) is 44.8 Å². The number of aliphatic carboxylic acids is 2. The smallest absolute Gasteiger partial charge is 0.326 e. The van der Waals surface area contributed by atoms with E-state index in [1.54, 1.807) is 0 Å². The molecule has 0 saturated heterocycles. The van der Waals surface area contributed by atoms with E-state index in [4.69, 9.17) is 21.7 Å². The lowest BCUT2D eigenvalue weighted by Crippen LogP contribution is -2.57. The zero-order valence-corrected chi connectivity index (χ0v) is 15.4. The molecule has 0 spiro atoms. The van der Waals surface area contributed by atoms with Gasteiger partial charge in [0.1, 0.15) is 18.1 Å². The Bertz CT molecular complexity index is 636. The normalized spacial score (nSPS) is 13.7. The van der Waals surface area contributed by atoms with Crippen molar-refractivity contribution in [3.8, 4) is 0 Å². The second kappa shape index (κ2) is 11.5. The van der Waals surface area contributed by atoms with Gasteiger partial charge >= 0.3 is 11.9 Å². The van der Waals surface area contributed by atoms with Gasteiger partial charge in [-0.1, -0.05) is 13.8 Å². The van der Waals surface area contributed by atoms with Crippen molar-refractivity contribution in [1.82, 2.24) is 16.0 Å². The van der Waals surface area contributed by atoms with Crippen LogP contribution in [0.1, 0.15) is 26.7 Å². The lowest BCUT2D eigenvalue weighted by Gasteiger charge is -2.24. The van der Waals surface area contributed by atoms with Gasteiger partial charge in [-0.05, 0) is 5.92 Å². The average Bonchev–Trinajstić information content (AvgIpc) is 2.56. The third kappa shape index (κ3) is 8.93. The number of hydrogen-bond acceptors (Lipinski definition) is 7. The number of nitrogens with one attached hydrogen (secondary N) is 3. The summed E-state index contributed by atoms with van der Waals surface area (Å²) in [5, 5.41) is 24.4. The largest absolute Gasteiger partial charge is 0.481 e. The first-order valence-corrected chi connectivity index (χ1v) is 8.22. The predicted molar refractivity (Wildman–Crippen MR) is 93.4 cm³/mol. The Morgan fingerprint density at radius 1 is 0.857 bits per heavy atom. The average molecular weight is 403 g/mol. The first-order chi connectivity index (χ1) is 12.9. The Labute approximate surface area is 160 Å². The number of nitrogens with two attached hydrogens (primary N) is 2. The summed E-state index contributed by atoms with van der Waals surface area (Å²) in [6.45, 7) is 2.56. The summed E-state index contributed by atoms with van der Waals surface area (Å²) in [7, 11) is 0. The van der Waals surface area contributed by atoms with E-state index in [1.807, 2.05) is 0 Å². The molecule has 0 aliphatic heterocycles. The topological polar surface area (TPSA) is 231 Å². The van der Waals surface area contributed by atoms with Crippen LogP contribution < -0.4 is 27.4 Å². The summed E-state index contributed by atoms with van der Waals surface area (Å²) in [4.78, 5) is 69.3. The summed E-state index contributed by atoms with van der Waals surface area (Å²) in [6, 6.07) is -4.46. The number of carboxylic acids is 2. The Morgan fingerprint density at radius 2 is 1.36 bits per heavy atom. The monoisotopic (exact) mass is 403 g/mol. The fourth-order valence-electron chi connectivity index (χ4n) is 2.09. The number of hydrogen-bond donors (Lipinski definition) is 7. The van der Waals surface area contributed by atoms with Crippen LogP contribution >= 0.6 is 0 Å². The molecule has 0 rings (SSSR count). The molecule has 3 atom stereocenters. The highest BCUT2D eigenvalue weighted by Crippen LogP contribution is 2.04. The van der Waals surface area contributed by atoms with Crippen LogP contribution in [0.15, 0.2) is 0 Å². The maximum atomic E-state index is 12.3. The molecule has 9 N–H and O–H groups in total. The van der Waals surface area contributed by atoms with Crippen LogP contribution in [-0.4, -0.2) is 70.5 Å². The van der Waals surface area contributed by atoms with Gasteiger partial charge in [0.05, 0.1) is 19.4 Å². The van der Waals surface area contributed by atoms with Crippen LogP contribution in [0, 0.1) is 5.92 Å². The molecule has 0 aromatic rings. The number of carboxylic acid groups (broad SMARTS) is 2. The van der Waals surface area contributed by atoms with E-state index in [0.29, 0.717) is 0 Å². The maximum absolute atomic E-state index is 12.3. The molecule has 0 aromatic carbocycles. The van der Waals surface area contributed by atoms with Gasteiger partial charge in [0.25, 0.3) is 0 Å². The van der Waals surface area contributed by atoms with Crippen LogP contribution in [0.2, 0.25) is 0 Å². The Balaban J connectivity index is 5.41. The molecule has 13 heteroatoms. The van der Waals surface area contributed by atoms with E-state index in [2.05, 4.69) is 16.0 Å². The lowest BCUT2D eigenvalue weighted by atomic mass is 10.0. The van der Waals surface area contributed by atoms with E-state index < -0.39 is 79.0 Å². The summed E-state index contributed by atoms with van der Waals surface area (Å²) >= 11 is 0. The molecule has 0 saturated carbocycles. The predicted octanol–water partition coefficient (Wildman–Crippen LogP) is -3.51. The molecule has 0 heterocycles. The van der Waals surface area contributed by atoms with E-state index in [1.165, 1.54) is 13.8 Å².